The molecule has 0 radical (unpaired) electrons. The molecule has 0 saturated heterocycles. The first-order valence-corrected chi connectivity index (χ1v) is 8.53. The largest absolute Gasteiger partial charge is 0.497 e. The Morgan fingerprint density at radius 3 is 2.70 bits per heavy atom. The lowest BCUT2D eigenvalue weighted by Crippen LogP contribution is -2.25. The Morgan fingerprint density at radius 2 is 1.96 bits per heavy atom. The molecule has 6 nitrogen and oxygen atoms in total. The smallest absolute Gasteiger partial charge is 0.240 e. The minimum atomic E-state index is -3.53. The van der Waals surface area contributed by atoms with E-state index < -0.39 is 10.0 Å². The summed E-state index contributed by atoms with van der Waals surface area (Å²) in [5, 5.41) is 0. The Balaban J connectivity index is 1.64. The zero-order valence-electron chi connectivity index (χ0n) is 12.5. The maximum absolute atomic E-state index is 12.2. The van der Waals surface area contributed by atoms with E-state index in [1.165, 1.54) is 25.6 Å². The van der Waals surface area contributed by atoms with E-state index in [2.05, 4.69) is 9.71 Å². The Labute approximate surface area is 134 Å². The minimum Gasteiger partial charge on any atom is -0.497 e. The van der Waals surface area contributed by atoms with E-state index in [0.29, 0.717) is 24.3 Å². The molecule has 0 fully saturated rings. The van der Waals surface area contributed by atoms with Crippen LogP contribution in [0.1, 0.15) is 5.56 Å². The van der Waals surface area contributed by atoms with Crippen LogP contribution in [0.3, 0.4) is 0 Å². The van der Waals surface area contributed by atoms with Crippen LogP contribution in [-0.4, -0.2) is 27.1 Å². The quantitative estimate of drug-likeness (QED) is 0.749. The number of methoxy groups -OCH3 is 1. The van der Waals surface area contributed by atoms with Gasteiger partial charge in [-0.25, -0.2) is 18.1 Å². The average molecular weight is 332 g/mol. The average Bonchev–Trinajstić information content (AvgIpc) is 3.02. The van der Waals surface area contributed by atoms with E-state index in [1.54, 1.807) is 12.1 Å². The molecule has 120 valence electrons. The first kappa shape index (κ1) is 15.5. The highest BCUT2D eigenvalue weighted by Crippen LogP contribution is 2.16. The molecule has 1 heterocycles. The van der Waals surface area contributed by atoms with Gasteiger partial charge >= 0.3 is 0 Å². The van der Waals surface area contributed by atoms with E-state index >= 15 is 0 Å². The van der Waals surface area contributed by atoms with Gasteiger partial charge in [-0.1, -0.05) is 6.07 Å². The fraction of sp³-hybridized carbons (Fsp3) is 0.188. The second-order valence-corrected chi connectivity index (χ2v) is 6.74. The lowest BCUT2D eigenvalue weighted by Gasteiger charge is -2.07. The van der Waals surface area contributed by atoms with Crippen molar-refractivity contribution in [3.8, 4) is 5.75 Å². The number of fused-ring (bicyclic) bond motifs is 1. The van der Waals surface area contributed by atoms with Gasteiger partial charge in [0.2, 0.25) is 10.0 Å². The molecule has 0 spiro atoms. The first-order chi connectivity index (χ1) is 11.1. The van der Waals surface area contributed by atoms with Crippen molar-refractivity contribution < 1.29 is 17.6 Å². The lowest BCUT2D eigenvalue weighted by atomic mass is 10.1. The summed E-state index contributed by atoms with van der Waals surface area (Å²) in [6, 6.07) is 11.9. The summed E-state index contributed by atoms with van der Waals surface area (Å²) in [7, 11) is -1.99. The highest BCUT2D eigenvalue weighted by atomic mass is 32.2. The molecule has 0 unspecified atom stereocenters. The summed E-state index contributed by atoms with van der Waals surface area (Å²) < 4.78 is 37.2. The molecular formula is C16H16N2O4S. The molecule has 0 amide bonds. The lowest BCUT2D eigenvalue weighted by molar-refractivity contribution is 0.414. The Hall–Kier alpha value is -2.38. The van der Waals surface area contributed by atoms with Crippen molar-refractivity contribution >= 4 is 21.1 Å². The Kier molecular flexibility index (Phi) is 4.31. The van der Waals surface area contributed by atoms with E-state index in [4.69, 9.17) is 9.15 Å². The van der Waals surface area contributed by atoms with Crippen LogP contribution < -0.4 is 9.46 Å². The van der Waals surface area contributed by atoms with Crippen LogP contribution in [0.4, 0.5) is 0 Å². The number of sulfonamides is 1. The molecule has 0 saturated carbocycles. The van der Waals surface area contributed by atoms with Crippen LogP contribution in [0.15, 0.2) is 58.2 Å². The third-order valence-corrected chi connectivity index (χ3v) is 4.95. The second-order valence-electron chi connectivity index (χ2n) is 4.98. The number of benzene rings is 2. The van der Waals surface area contributed by atoms with Crippen LogP contribution in [0.5, 0.6) is 5.75 Å². The van der Waals surface area contributed by atoms with Gasteiger partial charge in [0, 0.05) is 6.54 Å². The predicted molar refractivity (Wildman–Crippen MR) is 85.9 cm³/mol. The summed E-state index contributed by atoms with van der Waals surface area (Å²) in [5.74, 6) is 0.616. The molecule has 3 rings (SSSR count). The monoisotopic (exact) mass is 332 g/mol. The van der Waals surface area contributed by atoms with Crippen molar-refractivity contribution in [2.75, 3.05) is 13.7 Å². The molecule has 0 bridgehead atoms. The number of hydrogen-bond donors (Lipinski definition) is 1. The molecule has 23 heavy (non-hydrogen) atoms. The number of aromatic nitrogens is 1. The molecule has 1 aromatic heterocycles. The molecular weight excluding hydrogens is 316 g/mol. The van der Waals surface area contributed by atoms with Crippen LogP contribution in [0, 0.1) is 0 Å². The summed E-state index contributed by atoms with van der Waals surface area (Å²) in [6.45, 7) is 0.303. The predicted octanol–water partition coefficient (Wildman–Crippen LogP) is 2.36. The van der Waals surface area contributed by atoms with Gasteiger partial charge in [0.25, 0.3) is 0 Å². The van der Waals surface area contributed by atoms with Gasteiger partial charge in [0.05, 0.1) is 12.0 Å². The fourth-order valence-corrected chi connectivity index (χ4v) is 3.26. The standard InChI is InChI=1S/C16H16N2O4S/c1-21-13-3-5-14(6-4-13)23(19,20)18-9-8-12-2-7-16-15(10-12)17-11-22-16/h2-7,10-11,18H,8-9H2,1H3. The summed E-state index contributed by atoms with van der Waals surface area (Å²) in [5.41, 5.74) is 2.47. The van der Waals surface area contributed by atoms with Crippen LogP contribution in [0.25, 0.3) is 11.1 Å². The van der Waals surface area contributed by atoms with Crippen molar-refractivity contribution in [2.45, 2.75) is 11.3 Å². The fourth-order valence-electron chi connectivity index (χ4n) is 2.23. The van der Waals surface area contributed by atoms with Crippen LogP contribution >= 0.6 is 0 Å². The topological polar surface area (TPSA) is 81.4 Å². The molecule has 3 aromatic rings. The third kappa shape index (κ3) is 3.52. The van der Waals surface area contributed by atoms with Gasteiger partial charge in [0.15, 0.2) is 12.0 Å². The molecule has 7 heteroatoms. The van der Waals surface area contributed by atoms with E-state index in [1.807, 2.05) is 18.2 Å². The van der Waals surface area contributed by atoms with Crippen LogP contribution in [0.2, 0.25) is 0 Å². The van der Waals surface area contributed by atoms with Crippen molar-refractivity contribution in [3.63, 3.8) is 0 Å². The van der Waals surface area contributed by atoms with Gasteiger partial charge in [0.1, 0.15) is 11.3 Å². The highest BCUT2D eigenvalue weighted by Gasteiger charge is 2.13. The summed E-state index contributed by atoms with van der Waals surface area (Å²) in [4.78, 5) is 4.30. The minimum absolute atomic E-state index is 0.213. The van der Waals surface area contributed by atoms with Gasteiger partial charge in [-0.2, -0.15) is 0 Å². The van der Waals surface area contributed by atoms with Crippen molar-refractivity contribution in [3.05, 3.63) is 54.4 Å². The maximum Gasteiger partial charge on any atom is 0.240 e. The van der Waals surface area contributed by atoms with E-state index in [-0.39, 0.29) is 4.90 Å². The Morgan fingerprint density at radius 1 is 1.17 bits per heavy atom. The van der Waals surface area contributed by atoms with Crippen molar-refractivity contribution in [2.24, 2.45) is 0 Å². The zero-order valence-corrected chi connectivity index (χ0v) is 13.3. The zero-order chi connectivity index (χ0) is 16.3. The van der Waals surface area contributed by atoms with Gasteiger partial charge in [-0.15, -0.1) is 0 Å². The van der Waals surface area contributed by atoms with Crippen molar-refractivity contribution in [1.82, 2.24) is 9.71 Å². The van der Waals surface area contributed by atoms with Gasteiger partial charge < -0.3 is 9.15 Å². The SMILES string of the molecule is COc1ccc(S(=O)(=O)NCCc2ccc3ocnc3c2)cc1. The van der Waals surface area contributed by atoms with Crippen molar-refractivity contribution in [1.29, 1.82) is 0 Å². The molecule has 0 aliphatic carbocycles. The van der Waals surface area contributed by atoms with Gasteiger partial charge in [-0.3, -0.25) is 0 Å². The van der Waals surface area contributed by atoms with Crippen LogP contribution in [-0.2, 0) is 16.4 Å². The third-order valence-electron chi connectivity index (χ3n) is 3.47. The second kappa shape index (κ2) is 6.39. The Bertz CT molecular complexity index is 901. The number of nitrogens with zero attached hydrogens (tertiary/aromatic N) is 1. The molecule has 0 atom stereocenters. The first-order valence-electron chi connectivity index (χ1n) is 7.04. The molecule has 2 aromatic carbocycles. The number of oxazole rings is 1. The number of rotatable bonds is 6. The maximum atomic E-state index is 12.2. The van der Waals surface area contributed by atoms with Gasteiger partial charge in [-0.05, 0) is 48.4 Å². The summed E-state index contributed by atoms with van der Waals surface area (Å²) in [6.07, 6.45) is 1.96. The number of nitrogens with one attached hydrogen (secondary N) is 1. The molecule has 0 aliphatic heterocycles. The molecule has 0 aliphatic rings. The van der Waals surface area contributed by atoms with E-state index in [9.17, 15) is 8.42 Å². The number of ether oxygens (including phenoxy) is 1. The normalized spacial score (nSPS) is 11.7. The number of hydrogen-bond acceptors (Lipinski definition) is 5. The molecule has 1 N–H and O–H groups in total. The highest BCUT2D eigenvalue weighted by molar-refractivity contribution is 7.89. The summed E-state index contributed by atoms with van der Waals surface area (Å²) >= 11 is 0. The van der Waals surface area contributed by atoms with E-state index in [0.717, 1.165) is 11.1 Å².